The molecule has 0 spiro atoms. The molecule has 0 aromatic heterocycles. The minimum absolute atomic E-state index is 0.0535. The van der Waals surface area contributed by atoms with Crippen LogP contribution < -0.4 is 0 Å². The van der Waals surface area contributed by atoms with E-state index in [1.54, 1.807) is 0 Å². The topological polar surface area (TPSA) is 37.4 Å². The first-order valence-corrected chi connectivity index (χ1v) is 8.33. The van der Waals surface area contributed by atoms with Crippen LogP contribution in [0.3, 0.4) is 0 Å². The van der Waals surface area contributed by atoms with E-state index in [0.29, 0.717) is 9.35 Å². The Hall–Kier alpha value is 0.220. The van der Waals surface area contributed by atoms with E-state index in [9.17, 15) is 8.42 Å². The lowest BCUT2D eigenvalue weighted by molar-refractivity contribution is 0.482. The highest BCUT2D eigenvalue weighted by Crippen LogP contribution is 2.32. The molecule has 0 radical (unpaired) electrons. The standard InChI is InChI=1S/C9H14ClNO2S3/c1-3-11(4-2)9(14)15-8-6-16(12,13)5-7(8)10/h5,8H,3-4,6H2,1-2H3/t8-/m1/s1. The Balaban J connectivity index is 2.64. The Morgan fingerprint density at radius 3 is 2.56 bits per heavy atom. The van der Waals surface area contributed by atoms with Gasteiger partial charge in [0, 0.05) is 23.5 Å². The predicted octanol–water partition coefficient (Wildman–Crippen LogP) is 2.22. The maximum absolute atomic E-state index is 11.3. The Labute approximate surface area is 111 Å². The number of thioether (sulfide) groups is 1. The van der Waals surface area contributed by atoms with E-state index in [1.807, 2.05) is 18.7 Å². The molecule has 0 saturated carbocycles. The van der Waals surface area contributed by atoms with Crippen molar-refractivity contribution in [3.63, 3.8) is 0 Å². The molecular weight excluding hydrogens is 286 g/mol. The number of hydrogen-bond acceptors (Lipinski definition) is 4. The fraction of sp³-hybridized carbons (Fsp3) is 0.667. The highest BCUT2D eigenvalue weighted by Gasteiger charge is 2.30. The van der Waals surface area contributed by atoms with Crippen molar-refractivity contribution < 1.29 is 8.42 Å². The van der Waals surface area contributed by atoms with Crippen LogP contribution in [0.15, 0.2) is 10.4 Å². The lowest BCUT2D eigenvalue weighted by atomic mass is 10.5. The normalized spacial score (nSPS) is 22.9. The number of rotatable bonds is 3. The van der Waals surface area contributed by atoms with Crippen molar-refractivity contribution in [2.45, 2.75) is 19.1 Å². The van der Waals surface area contributed by atoms with E-state index >= 15 is 0 Å². The van der Waals surface area contributed by atoms with Crippen LogP contribution in [0.2, 0.25) is 0 Å². The smallest absolute Gasteiger partial charge is 0.174 e. The van der Waals surface area contributed by atoms with Crippen LogP contribution in [-0.2, 0) is 9.84 Å². The second-order valence-electron chi connectivity index (χ2n) is 3.38. The van der Waals surface area contributed by atoms with E-state index in [0.717, 1.165) is 18.5 Å². The first-order valence-electron chi connectivity index (χ1n) is 4.95. The first kappa shape index (κ1) is 14.3. The zero-order chi connectivity index (χ0) is 12.3. The molecule has 0 amide bonds. The van der Waals surface area contributed by atoms with Crippen LogP contribution in [0.25, 0.3) is 0 Å². The van der Waals surface area contributed by atoms with Crippen LogP contribution in [-0.4, -0.2) is 41.7 Å². The van der Waals surface area contributed by atoms with Crippen LogP contribution in [0.4, 0.5) is 0 Å². The Morgan fingerprint density at radius 1 is 1.62 bits per heavy atom. The third kappa shape index (κ3) is 3.61. The monoisotopic (exact) mass is 299 g/mol. The summed E-state index contributed by atoms with van der Waals surface area (Å²) in [4.78, 5) is 2.01. The van der Waals surface area contributed by atoms with Crippen molar-refractivity contribution >= 4 is 49.7 Å². The Morgan fingerprint density at radius 2 is 2.19 bits per heavy atom. The van der Waals surface area contributed by atoms with Gasteiger partial charge in [0.25, 0.3) is 0 Å². The fourth-order valence-electron chi connectivity index (χ4n) is 1.35. The Bertz CT molecular complexity index is 401. The molecule has 0 aromatic carbocycles. The van der Waals surface area contributed by atoms with Gasteiger partial charge in [0.2, 0.25) is 0 Å². The van der Waals surface area contributed by atoms with Gasteiger partial charge in [-0.3, -0.25) is 0 Å². The minimum Gasteiger partial charge on any atom is -0.358 e. The molecule has 16 heavy (non-hydrogen) atoms. The number of nitrogens with zero attached hydrogens (tertiary/aromatic N) is 1. The van der Waals surface area contributed by atoms with Crippen molar-refractivity contribution in [2.75, 3.05) is 18.8 Å². The molecular formula is C9H14ClNO2S3. The minimum atomic E-state index is -3.12. The maximum Gasteiger partial charge on any atom is 0.174 e. The van der Waals surface area contributed by atoms with Gasteiger partial charge >= 0.3 is 0 Å². The van der Waals surface area contributed by atoms with Gasteiger partial charge in [0.15, 0.2) is 9.84 Å². The average Bonchev–Trinajstić information content (AvgIpc) is 2.41. The zero-order valence-electron chi connectivity index (χ0n) is 9.14. The van der Waals surface area contributed by atoms with E-state index in [2.05, 4.69) is 0 Å². The van der Waals surface area contributed by atoms with Gasteiger partial charge in [-0.2, -0.15) is 0 Å². The zero-order valence-corrected chi connectivity index (χ0v) is 12.3. The molecule has 1 aliphatic rings. The van der Waals surface area contributed by atoms with Gasteiger partial charge in [0.05, 0.1) is 11.0 Å². The quantitative estimate of drug-likeness (QED) is 0.747. The molecule has 1 rings (SSSR count). The largest absolute Gasteiger partial charge is 0.358 e. The average molecular weight is 300 g/mol. The highest BCUT2D eigenvalue weighted by molar-refractivity contribution is 8.23. The van der Waals surface area contributed by atoms with Crippen molar-refractivity contribution in [3.05, 3.63) is 10.4 Å². The second-order valence-corrected chi connectivity index (χ2v) is 7.54. The number of halogens is 1. The summed E-state index contributed by atoms with van der Waals surface area (Å²) in [7, 11) is -3.12. The second kappa shape index (κ2) is 5.71. The van der Waals surface area contributed by atoms with Gasteiger partial charge in [-0.1, -0.05) is 35.6 Å². The van der Waals surface area contributed by atoms with Crippen molar-refractivity contribution in [2.24, 2.45) is 0 Å². The molecule has 1 heterocycles. The van der Waals surface area contributed by atoms with Crippen molar-refractivity contribution in [1.29, 1.82) is 0 Å². The first-order chi connectivity index (χ1) is 7.39. The van der Waals surface area contributed by atoms with E-state index in [-0.39, 0.29) is 11.0 Å². The summed E-state index contributed by atoms with van der Waals surface area (Å²) in [5.41, 5.74) is 0. The molecule has 0 bridgehead atoms. The van der Waals surface area contributed by atoms with Gasteiger partial charge in [-0.05, 0) is 13.8 Å². The summed E-state index contributed by atoms with van der Waals surface area (Å²) in [6.45, 7) is 5.67. The van der Waals surface area contributed by atoms with E-state index in [1.165, 1.54) is 11.8 Å². The van der Waals surface area contributed by atoms with Gasteiger partial charge in [-0.15, -0.1) is 0 Å². The van der Waals surface area contributed by atoms with Gasteiger partial charge < -0.3 is 4.90 Å². The molecule has 7 heteroatoms. The lowest BCUT2D eigenvalue weighted by Crippen LogP contribution is -2.28. The van der Waals surface area contributed by atoms with Crippen LogP contribution >= 0.6 is 35.6 Å². The molecule has 0 aromatic rings. The molecule has 1 atom stereocenters. The molecule has 0 aliphatic carbocycles. The van der Waals surface area contributed by atoms with E-state index in [4.69, 9.17) is 23.8 Å². The lowest BCUT2D eigenvalue weighted by Gasteiger charge is -2.22. The molecule has 0 unspecified atom stereocenters. The van der Waals surface area contributed by atoms with Crippen LogP contribution in [0.5, 0.6) is 0 Å². The number of hydrogen-bond donors (Lipinski definition) is 0. The van der Waals surface area contributed by atoms with Crippen molar-refractivity contribution in [3.8, 4) is 0 Å². The van der Waals surface area contributed by atoms with Crippen molar-refractivity contribution in [1.82, 2.24) is 4.90 Å². The Kier molecular flexibility index (Phi) is 5.10. The molecule has 0 N–H and O–H groups in total. The number of sulfone groups is 1. The molecule has 0 fully saturated rings. The van der Waals surface area contributed by atoms with Gasteiger partial charge in [-0.25, -0.2) is 8.42 Å². The predicted molar refractivity (Wildman–Crippen MR) is 74.6 cm³/mol. The molecule has 0 saturated heterocycles. The summed E-state index contributed by atoms with van der Waals surface area (Å²) >= 11 is 12.5. The molecule has 1 aliphatic heterocycles. The summed E-state index contributed by atoms with van der Waals surface area (Å²) in [6.07, 6.45) is 0. The van der Waals surface area contributed by atoms with Crippen LogP contribution in [0.1, 0.15) is 13.8 Å². The fourth-order valence-corrected chi connectivity index (χ4v) is 5.63. The molecule has 3 nitrogen and oxygen atoms in total. The summed E-state index contributed by atoms with van der Waals surface area (Å²) in [5.74, 6) is 0.0535. The SMILES string of the molecule is CCN(CC)C(=S)S[C@@H]1CS(=O)(=O)C=C1Cl. The third-order valence-corrected chi connectivity index (χ3v) is 6.21. The summed E-state index contributed by atoms with van der Waals surface area (Å²) in [5, 5.41) is 1.27. The van der Waals surface area contributed by atoms with Crippen LogP contribution in [0, 0.1) is 0 Å². The highest BCUT2D eigenvalue weighted by atomic mass is 35.5. The summed E-state index contributed by atoms with van der Waals surface area (Å²) < 4.78 is 23.3. The maximum atomic E-state index is 11.3. The molecule has 92 valence electrons. The number of thiocarbonyl (C=S) groups is 1. The van der Waals surface area contributed by atoms with E-state index < -0.39 is 9.84 Å². The van der Waals surface area contributed by atoms with Gasteiger partial charge in [0.1, 0.15) is 4.32 Å². The summed E-state index contributed by atoms with van der Waals surface area (Å²) in [6, 6.07) is 0. The third-order valence-electron chi connectivity index (χ3n) is 2.25.